The molecule has 3 rings (SSSR count). The maximum atomic E-state index is 12.1. The minimum atomic E-state index is -0.195. The number of nitrogens with one attached hydrogen (secondary N) is 1. The zero-order chi connectivity index (χ0) is 12.5. The number of thioether (sulfide) groups is 1. The van der Waals surface area contributed by atoms with Crippen molar-refractivity contribution in [1.82, 2.24) is 0 Å². The average Bonchev–Trinajstić information content (AvgIpc) is 2.39. The van der Waals surface area contributed by atoms with Crippen LogP contribution < -0.4 is 5.32 Å². The molecule has 0 fully saturated rings. The Bertz CT molecular complexity index is 600. The first-order chi connectivity index (χ1) is 8.74. The van der Waals surface area contributed by atoms with Crippen molar-refractivity contribution in [2.75, 3.05) is 5.32 Å². The van der Waals surface area contributed by atoms with Gasteiger partial charge in [0.25, 0.3) is 0 Å². The quantitative estimate of drug-likeness (QED) is 0.848. The molecule has 4 heteroatoms. The second kappa shape index (κ2) is 4.67. The first-order valence-electron chi connectivity index (χ1n) is 5.56. The summed E-state index contributed by atoms with van der Waals surface area (Å²) in [6.07, 6.45) is 0. The maximum Gasteiger partial charge on any atom is 0.242 e. The molecule has 90 valence electrons. The lowest BCUT2D eigenvalue weighted by Crippen LogP contribution is -2.22. The molecule has 0 saturated carbocycles. The van der Waals surface area contributed by atoms with Crippen molar-refractivity contribution in [3.05, 3.63) is 59.1 Å². The van der Waals surface area contributed by atoms with Crippen LogP contribution in [0.1, 0.15) is 10.8 Å². The summed E-state index contributed by atoms with van der Waals surface area (Å²) in [6.45, 7) is 0. The van der Waals surface area contributed by atoms with Crippen LogP contribution in [0, 0.1) is 0 Å². The fourth-order valence-electron chi connectivity index (χ4n) is 1.93. The van der Waals surface area contributed by atoms with Crippen LogP contribution in [0.3, 0.4) is 0 Å². The van der Waals surface area contributed by atoms with Crippen LogP contribution in [-0.4, -0.2) is 5.91 Å². The van der Waals surface area contributed by atoms with Crippen LogP contribution in [0.5, 0.6) is 0 Å². The number of amides is 1. The molecule has 18 heavy (non-hydrogen) atoms. The summed E-state index contributed by atoms with van der Waals surface area (Å²) < 4.78 is 0. The lowest BCUT2D eigenvalue weighted by Gasteiger charge is -2.24. The van der Waals surface area contributed by atoms with Crippen LogP contribution >= 0.6 is 23.4 Å². The molecule has 1 heterocycles. The summed E-state index contributed by atoms with van der Waals surface area (Å²) >= 11 is 7.47. The van der Waals surface area contributed by atoms with Crippen LogP contribution in [0.4, 0.5) is 5.69 Å². The predicted molar refractivity (Wildman–Crippen MR) is 75.1 cm³/mol. The van der Waals surface area contributed by atoms with E-state index in [1.54, 1.807) is 17.8 Å². The fourth-order valence-corrected chi connectivity index (χ4v) is 3.20. The molecule has 1 aliphatic rings. The number of halogens is 1. The van der Waals surface area contributed by atoms with Crippen LogP contribution in [-0.2, 0) is 4.79 Å². The highest BCUT2D eigenvalue weighted by atomic mass is 35.5. The summed E-state index contributed by atoms with van der Waals surface area (Å²) in [5.41, 5.74) is 1.81. The van der Waals surface area contributed by atoms with Gasteiger partial charge >= 0.3 is 0 Å². The van der Waals surface area contributed by atoms with Gasteiger partial charge in [-0.3, -0.25) is 4.79 Å². The second-order valence-electron chi connectivity index (χ2n) is 4.04. The van der Waals surface area contributed by atoms with Gasteiger partial charge in [-0.2, -0.15) is 0 Å². The predicted octanol–water partition coefficient (Wildman–Crippen LogP) is 4.13. The number of hydrogen-bond donors (Lipinski definition) is 1. The topological polar surface area (TPSA) is 29.1 Å². The smallest absolute Gasteiger partial charge is 0.242 e. The number of hydrogen-bond acceptors (Lipinski definition) is 2. The number of rotatable bonds is 1. The number of benzene rings is 2. The lowest BCUT2D eigenvalue weighted by molar-refractivity contribution is -0.115. The zero-order valence-corrected chi connectivity index (χ0v) is 11.0. The third-order valence-electron chi connectivity index (χ3n) is 2.78. The van der Waals surface area contributed by atoms with E-state index in [0.717, 1.165) is 16.1 Å². The van der Waals surface area contributed by atoms with E-state index < -0.39 is 0 Å². The maximum absolute atomic E-state index is 12.1. The first-order valence-corrected chi connectivity index (χ1v) is 6.82. The zero-order valence-electron chi connectivity index (χ0n) is 9.39. The Kier molecular flexibility index (Phi) is 3.02. The summed E-state index contributed by atoms with van der Waals surface area (Å²) in [4.78, 5) is 13.1. The molecular formula is C14H10ClNOS. The standard InChI is InChI=1S/C14H10ClNOS/c15-10-6-7-12-11(8-10)16-14(17)13(18-12)9-4-2-1-3-5-9/h1-8,13H,(H,16,17). The fraction of sp³-hybridized carbons (Fsp3) is 0.0714. The van der Waals surface area contributed by atoms with Gasteiger partial charge in [-0.25, -0.2) is 0 Å². The van der Waals surface area contributed by atoms with Gasteiger partial charge in [0, 0.05) is 9.92 Å². The van der Waals surface area contributed by atoms with Crippen molar-refractivity contribution >= 4 is 35.0 Å². The van der Waals surface area contributed by atoms with E-state index in [1.807, 2.05) is 42.5 Å². The number of carbonyl (C=O) groups is 1. The minimum absolute atomic E-state index is 0.000895. The van der Waals surface area contributed by atoms with E-state index in [4.69, 9.17) is 11.6 Å². The van der Waals surface area contributed by atoms with Crippen LogP contribution in [0.25, 0.3) is 0 Å². The molecule has 2 aromatic carbocycles. The Morgan fingerprint density at radius 1 is 1.11 bits per heavy atom. The largest absolute Gasteiger partial charge is 0.324 e. The molecule has 1 aliphatic heterocycles. The Hall–Kier alpha value is -1.45. The van der Waals surface area contributed by atoms with E-state index in [1.165, 1.54) is 0 Å². The third kappa shape index (κ3) is 2.11. The molecule has 1 unspecified atom stereocenters. The molecule has 1 atom stereocenters. The number of fused-ring (bicyclic) bond motifs is 1. The Balaban J connectivity index is 1.97. The Labute approximate surface area is 114 Å². The van der Waals surface area contributed by atoms with Crippen molar-refractivity contribution in [3.63, 3.8) is 0 Å². The van der Waals surface area contributed by atoms with E-state index in [2.05, 4.69) is 5.32 Å². The molecule has 0 radical (unpaired) electrons. The third-order valence-corrected chi connectivity index (χ3v) is 4.35. The van der Waals surface area contributed by atoms with Crippen LogP contribution in [0.15, 0.2) is 53.4 Å². The highest BCUT2D eigenvalue weighted by Gasteiger charge is 2.28. The van der Waals surface area contributed by atoms with Gasteiger partial charge in [0.15, 0.2) is 0 Å². The highest BCUT2D eigenvalue weighted by Crippen LogP contribution is 2.44. The molecule has 1 N–H and O–H groups in total. The van der Waals surface area contributed by atoms with Crippen LogP contribution in [0.2, 0.25) is 5.02 Å². The van der Waals surface area contributed by atoms with Crippen molar-refractivity contribution < 1.29 is 4.79 Å². The monoisotopic (exact) mass is 275 g/mol. The highest BCUT2D eigenvalue weighted by molar-refractivity contribution is 8.00. The lowest BCUT2D eigenvalue weighted by atomic mass is 10.1. The molecular weight excluding hydrogens is 266 g/mol. The normalized spacial score (nSPS) is 18.1. The average molecular weight is 276 g/mol. The molecule has 2 nitrogen and oxygen atoms in total. The van der Waals surface area contributed by atoms with Gasteiger partial charge in [-0.15, -0.1) is 11.8 Å². The van der Waals surface area contributed by atoms with Gasteiger partial charge in [0.05, 0.1) is 5.69 Å². The van der Waals surface area contributed by atoms with Gasteiger partial charge < -0.3 is 5.32 Å². The Morgan fingerprint density at radius 2 is 1.89 bits per heavy atom. The molecule has 0 aliphatic carbocycles. The molecule has 0 aromatic heterocycles. The second-order valence-corrected chi connectivity index (χ2v) is 5.62. The SMILES string of the molecule is O=C1Nc2cc(Cl)ccc2SC1c1ccccc1. The van der Waals surface area contributed by atoms with Gasteiger partial charge in [-0.05, 0) is 23.8 Å². The molecule has 0 bridgehead atoms. The van der Waals surface area contributed by atoms with Crippen molar-refractivity contribution in [3.8, 4) is 0 Å². The van der Waals surface area contributed by atoms with E-state index in [9.17, 15) is 4.79 Å². The van der Waals surface area contributed by atoms with Gasteiger partial charge in [0.2, 0.25) is 5.91 Å². The number of anilines is 1. The molecule has 2 aromatic rings. The summed E-state index contributed by atoms with van der Waals surface area (Å²) in [5, 5.41) is 3.34. The van der Waals surface area contributed by atoms with Crippen molar-refractivity contribution in [1.29, 1.82) is 0 Å². The summed E-state index contributed by atoms with van der Waals surface area (Å²) in [6, 6.07) is 15.3. The Morgan fingerprint density at radius 3 is 2.67 bits per heavy atom. The molecule has 1 amide bonds. The van der Waals surface area contributed by atoms with E-state index in [0.29, 0.717) is 5.02 Å². The van der Waals surface area contributed by atoms with E-state index >= 15 is 0 Å². The van der Waals surface area contributed by atoms with Gasteiger partial charge in [0.1, 0.15) is 5.25 Å². The minimum Gasteiger partial charge on any atom is -0.324 e. The summed E-state index contributed by atoms with van der Waals surface area (Å²) in [5.74, 6) is 0.000895. The summed E-state index contributed by atoms with van der Waals surface area (Å²) in [7, 11) is 0. The van der Waals surface area contributed by atoms with Crippen molar-refractivity contribution in [2.45, 2.75) is 10.1 Å². The molecule has 0 saturated heterocycles. The first kappa shape index (κ1) is 11.6. The van der Waals surface area contributed by atoms with Gasteiger partial charge in [-0.1, -0.05) is 41.9 Å². The molecule has 0 spiro atoms. The van der Waals surface area contributed by atoms with E-state index in [-0.39, 0.29) is 11.2 Å². The number of carbonyl (C=O) groups excluding carboxylic acids is 1. The van der Waals surface area contributed by atoms with Crippen molar-refractivity contribution in [2.24, 2.45) is 0 Å².